The van der Waals surface area contributed by atoms with Crippen LogP contribution in [0, 0.1) is 0 Å². The van der Waals surface area contributed by atoms with Gasteiger partial charge in [0, 0.05) is 16.1 Å². The van der Waals surface area contributed by atoms with Gasteiger partial charge in [-0.05, 0) is 12.1 Å². The van der Waals surface area contributed by atoms with Gasteiger partial charge in [0.1, 0.15) is 6.54 Å². The van der Waals surface area contributed by atoms with Gasteiger partial charge in [-0.25, -0.2) is 14.9 Å². The summed E-state index contributed by atoms with van der Waals surface area (Å²) in [6.45, 7) is -0.339. The zero-order valence-corrected chi connectivity index (χ0v) is 15.4. The number of aromatic nitrogens is 3. The van der Waals surface area contributed by atoms with Crippen LogP contribution in [0.25, 0.3) is 11.4 Å². The molecule has 1 amide bonds. The predicted molar refractivity (Wildman–Crippen MR) is 104 cm³/mol. The molecule has 0 aliphatic carbocycles. The lowest BCUT2D eigenvalue weighted by Gasteiger charge is -2.00. The molecule has 27 heavy (non-hydrogen) atoms. The van der Waals surface area contributed by atoms with Crippen LogP contribution in [0.2, 0.25) is 10.0 Å². The Hall–Kier alpha value is -3.10. The number of halogens is 2. The van der Waals surface area contributed by atoms with Gasteiger partial charge >= 0.3 is 5.69 Å². The van der Waals surface area contributed by atoms with E-state index in [4.69, 9.17) is 29.0 Å². The highest BCUT2D eigenvalue weighted by Gasteiger charge is 2.14. The van der Waals surface area contributed by atoms with Gasteiger partial charge in [0.05, 0.1) is 11.2 Å². The van der Waals surface area contributed by atoms with Crippen molar-refractivity contribution in [3.05, 3.63) is 74.6 Å². The molecule has 0 atom stereocenters. The van der Waals surface area contributed by atoms with E-state index in [1.807, 2.05) is 6.07 Å². The highest BCUT2D eigenvalue weighted by Crippen LogP contribution is 2.19. The fraction of sp³-hybridized carbons (Fsp3) is 0.0588. The van der Waals surface area contributed by atoms with Crippen molar-refractivity contribution < 1.29 is 4.79 Å². The van der Waals surface area contributed by atoms with E-state index < -0.39 is 11.6 Å². The Balaban J connectivity index is 1.69. The van der Waals surface area contributed by atoms with E-state index in [-0.39, 0.29) is 12.4 Å². The molecular weight excluding hydrogens is 391 g/mol. The van der Waals surface area contributed by atoms with Gasteiger partial charge in [0.25, 0.3) is 5.91 Å². The van der Waals surface area contributed by atoms with Gasteiger partial charge in [0.15, 0.2) is 5.82 Å². The van der Waals surface area contributed by atoms with Crippen molar-refractivity contribution in [1.29, 1.82) is 0 Å². The van der Waals surface area contributed by atoms with Gasteiger partial charge in [0.2, 0.25) is 0 Å². The van der Waals surface area contributed by atoms with Crippen LogP contribution < -0.4 is 17.0 Å². The summed E-state index contributed by atoms with van der Waals surface area (Å²) in [5, 5.41) is 8.80. The zero-order valence-electron chi connectivity index (χ0n) is 13.8. The largest absolute Gasteiger partial charge is 0.365 e. The molecular formula is C17H14Cl2N6O2. The van der Waals surface area contributed by atoms with Crippen LogP contribution in [0.3, 0.4) is 0 Å². The molecule has 0 radical (unpaired) electrons. The molecule has 0 fully saturated rings. The van der Waals surface area contributed by atoms with Crippen molar-refractivity contribution >= 4 is 35.3 Å². The van der Waals surface area contributed by atoms with Gasteiger partial charge < -0.3 is 5.84 Å². The third-order valence-electron chi connectivity index (χ3n) is 3.55. The van der Waals surface area contributed by atoms with Crippen molar-refractivity contribution in [2.75, 3.05) is 5.84 Å². The number of benzene rings is 2. The number of hydrogen-bond acceptors (Lipinski definition) is 5. The van der Waals surface area contributed by atoms with Crippen molar-refractivity contribution in [2.45, 2.75) is 6.54 Å². The third-order valence-corrected chi connectivity index (χ3v) is 4.11. The van der Waals surface area contributed by atoms with E-state index in [2.05, 4.69) is 15.6 Å². The summed E-state index contributed by atoms with van der Waals surface area (Å²) >= 11 is 11.8. The van der Waals surface area contributed by atoms with Crippen LogP contribution >= 0.6 is 23.2 Å². The molecule has 2 aromatic carbocycles. The highest BCUT2D eigenvalue weighted by atomic mass is 35.5. The van der Waals surface area contributed by atoms with Crippen LogP contribution in [0.15, 0.2) is 58.4 Å². The number of nitrogens with zero attached hydrogens (tertiary/aromatic N) is 4. The smallest absolute Gasteiger partial charge is 0.333 e. The van der Waals surface area contributed by atoms with E-state index in [0.29, 0.717) is 21.2 Å². The number of hydrogen-bond donors (Lipinski definition) is 2. The SMILES string of the molecule is Nn1c(-c2ccccc2)nn(CC(=O)N/N=C/c2ccc(Cl)cc2Cl)c1=O. The molecule has 3 aromatic rings. The molecule has 3 rings (SSSR count). The Kier molecular flexibility index (Phi) is 5.58. The molecule has 0 bridgehead atoms. The first-order chi connectivity index (χ1) is 13.0. The topological polar surface area (TPSA) is 107 Å². The maximum Gasteiger partial charge on any atom is 0.365 e. The quantitative estimate of drug-likeness (QED) is 0.384. The number of nitrogens with one attached hydrogen (secondary N) is 1. The molecule has 1 aromatic heterocycles. The van der Waals surface area contributed by atoms with Gasteiger partial charge in [-0.3, -0.25) is 4.79 Å². The van der Waals surface area contributed by atoms with Crippen LogP contribution in [0.1, 0.15) is 5.56 Å². The van der Waals surface area contributed by atoms with Crippen molar-refractivity contribution in [3.8, 4) is 11.4 Å². The third kappa shape index (κ3) is 4.36. The normalized spacial score (nSPS) is 11.0. The summed E-state index contributed by atoms with van der Waals surface area (Å²) in [4.78, 5) is 24.2. The maximum absolute atomic E-state index is 12.2. The Morgan fingerprint density at radius 1 is 1.22 bits per heavy atom. The molecule has 138 valence electrons. The van der Waals surface area contributed by atoms with E-state index in [9.17, 15) is 9.59 Å². The second-order valence-electron chi connectivity index (χ2n) is 5.46. The van der Waals surface area contributed by atoms with E-state index >= 15 is 0 Å². The van der Waals surface area contributed by atoms with Crippen molar-refractivity contribution in [3.63, 3.8) is 0 Å². The minimum atomic E-state index is -0.617. The van der Waals surface area contributed by atoms with E-state index in [1.165, 1.54) is 6.21 Å². The molecule has 0 spiro atoms. The van der Waals surface area contributed by atoms with Gasteiger partial charge in [-0.1, -0.05) is 59.6 Å². The zero-order chi connectivity index (χ0) is 19.4. The molecule has 1 heterocycles. The average molecular weight is 405 g/mol. The van der Waals surface area contributed by atoms with Crippen LogP contribution in [-0.2, 0) is 11.3 Å². The Morgan fingerprint density at radius 2 is 1.96 bits per heavy atom. The van der Waals surface area contributed by atoms with Crippen molar-refractivity contribution in [2.24, 2.45) is 5.10 Å². The molecule has 0 saturated carbocycles. The van der Waals surface area contributed by atoms with Gasteiger partial charge in [-0.2, -0.15) is 9.78 Å². The minimum absolute atomic E-state index is 0.254. The second kappa shape index (κ2) is 8.07. The molecule has 0 aliphatic heterocycles. The summed E-state index contributed by atoms with van der Waals surface area (Å²) in [5.41, 5.74) is 2.93. The molecule has 0 aliphatic rings. The minimum Gasteiger partial charge on any atom is -0.333 e. The molecule has 3 N–H and O–H groups in total. The first-order valence-electron chi connectivity index (χ1n) is 7.73. The Labute approximate surface area is 163 Å². The fourth-order valence-electron chi connectivity index (χ4n) is 2.26. The Bertz CT molecular complexity index is 1060. The number of amides is 1. The highest BCUT2D eigenvalue weighted by molar-refractivity contribution is 6.36. The van der Waals surface area contributed by atoms with Crippen molar-refractivity contribution in [1.82, 2.24) is 19.9 Å². The lowest BCUT2D eigenvalue weighted by molar-refractivity contribution is -0.121. The van der Waals surface area contributed by atoms with Crippen LogP contribution in [0.5, 0.6) is 0 Å². The molecule has 10 heteroatoms. The summed E-state index contributed by atoms with van der Waals surface area (Å²) in [6, 6.07) is 13.8. The monoisotopic (exact) mass is 404 g/mol. The summed E-state index contributed by atoms with van der Waals surface area (Å²) in [6.07, 6.45) is 1.37. The number of carbonyl (C=O) groups is 1. The number of nitrogen functional groups attached to an aromatic ring is 1. The number of nitrogens with two attached hydrogens (primary N) is 1. The number of rotatable bonds is 5. The summed E-state index contributed by atoms with van der Waals surface area (Å²) in [7, 11) is 0. The second-order valence-corrected chi connectivity index (χ2v) is 6.30. The predicted octanol–water partition coefficient (Wildman–Crippen LogP) is 1.88. The molecule has 8 nitrogen and oxygen atoms in total. The van der Waals surface area contributed by atoms with Crippen LogP contribution in [-0.4, -0.2) is 26.6 Å². The first-order valence-corrected chi connectivity index (χ1v) is 8.48. The lowest BCUT2D eigenvalue weighted by Crippen LogP contribution is -2.34. The van der Waals surface area contributed by atoms with E-state index in [0.717, 1.165) is 9.36 Å². The average Bonchev–Trinajstić information content (AvgIpc) is 2.93. The molecule has 0 saturated heterocycles. The number of carbonyl (C=O) groups excluding carboxylic acids is 1. The summed E-state index contributed by atoms with van der Waals surface area (Å²) in [5.74, 6) is 5.46. The Morgan fingerprint density at radius 3 is 2.67 bits per heavy atom. The molecule has 0 unspecified atom stereocenters. The number of hydrazone groups is 1. The lowest BCUT2D eigenvalue weighted by atomic mass is 10.2. The van der Waals surface area contributed by atoms with E-state index in [1.54, 1.807) is 42.5 Å². The van der Waals surface area contributed by atoms with Gasteiger partial charge in [-0.15, -0.1) is 5.10 Å². The fourth-order valence-corrected chi connectivity index (χ4v) is 2.72. The first kappa shape index (κ1) is 18.7. The summed E-state index contributed by atoms with van der Waals surface area (Å²) < 4.78 is 1.85. The standard InChI is InChI=1S/C17H14Cl2N6O2/c18-13-7-6-12(14(19)8-13)9-21-22-15(26)10-24-17(27)25(20)16(23-24)11-4-2-1-3-5-11/h1-9H,10,20H2,(H,22,26)/b21-9+. The maximum atomic E-state index is 12.2. The van der Waals surface area contributed by atoms with Crippen LogP contribution in [0.4, 0.5) is 0 Å².